The van der Waals surface area contributed by atoms with Gasteiger partial charge in [-0.25, -0.2) is 0 Å². The zero-order chi connectivity index (χ0) is 16.9. The van der Waals surface area contributed by atoms with Crippen molar-refractivity contribution in [3.05, 3.63) is 36.0 Å². The smallest absolute Gasteiger partial charge is 0.307 e. The lowest BCUT2D eigenvalue weighted by Gasteiger charge is -2.20. The van der Waals surface area contributed by atoms with Crippen LogP contribution >= 0.6 is 0 Å². The molecule has 5 nitrogen and oxygen atoms in total. The number of hydrogen-bond donors (Lipinski definition) is 1. The quantitative estimate of drug-likeness (QED) is 0.568. The van der Waals surface area contributed by atoms with Crippen molar-refractivity contribution in [2.45, 2.75) is 26.2 Å². The van der Waals surface area contributed by atoms with Gasteiger partial charge in [0.25, 0.3) is 0 Å². The molecule has 0 bridgehead atoms. The summed E-state index contributed by atoms with van der Waals surface area (Å²) in [5, 5.41) is 0.958. The van der Waals surface area contributed by atoms with Gasteiger partial charge in [0.05, 0.1) is 19.6 Å². The zero-order valence-electron chi connectivity index (χ0n) is 14.1. The van der Waals surface area contributed by atoms with Crippen molar-refractivity contribution in [1.82, 2.24) is 9.88 Å². The van der Waals surface area contributed by atoms with Crippen LogP contribution in [0.2, 0.25) is 0 Å². The van der Waals surface area contributed by atoms with E-state index < -0.39 is 0 Å². The van der Waals surface area contributed by atoms with E-state index >= 15 is 0 Å². The van der Waals surface area contributed by atoms with Gasteiger partial charge in [-0.15, -0.1) is 0 Å². The Bertz CT molecular complexity index is 718. The molecule has 1 fully saturated rings. The summed E-state index contributed by atoms with van der Waals surface area (Å²) in [5.74, 6) is 0.567. The number of nitrogens with zero attached hydrogens (tertiary/aromatic N) is 1. The number of carbonyl (C=O) groups excluding carboxylic acids is 2. The van der Waals surface area contributed by atoms with Crippen LogP contribution in [-0.4, -0.2) is 47.9 Å². The Kier molecular flexibility index (Phi) is 5.30. The molecular formula is C19H24N2O3. The maximum Gasteiger partial charge on any atom is 0.307 e. The highest BCUT2D eigenvalue weighted by molar-refractivity contribution is 6.08. The molecule has 0 atom stereocenters. The standard InChI is InChI=1S/C19H24N2O3/c1-2-24-19(23)9-10-21(12-14-7-8-14)13-18(22)16-11-20-17-6-4-3-5-15(16)17/h3-6,11,14,20H,2,7-10,12-13H2,1H3. The van der Waals surface area contributed by atoms with Crippen LogP contribution in [-0.2, 0) is 9.53 Å². The van der Waals surface area contributed by atoms with Crippen molar-refractivity contribution in [2.75, 3.05) is 26.2 Å². The molecule has 0 radical (unpaired) electrons. The predicted octanol–water partition coefficient (Wildman–Crippen LogP) is 3.02. The summed E-state index contributed by atoms with van der Waals surface area (Å²) in [5.41, 5.74) is 1.70. The highest BCUT2D eigenvalue weighted by Gasteiger charge is 2.26. The van der Waals surface area contributed by atoms with Crippen LogP contribution in [0.5, 0.6) is 0 Å². The first-order valence-corrected chi connectivity index (χ1v) is 8.64. The topological polar surface area (TPSA) is 62.4 Å². The number of ketones is 1. The van der Waals surface area contributed by atoms with E-state index in [1.54, 1.807) is 13.1 Å². The number of rotatable bonds is 9. The third-order valence-electron chi connectivity index (χ3n) is 4.41. The van der Waals surface area contributed by atoms with Gasteiger partial charge < -0.3 is 9.72 Å². The number of carbonyl (C=O) groups is 2. The number of fused-ring (bicyclic) bond motifs is 1. The van der Waals surface area contributed by atoms with Crippen LogP contribution < -0.4 is 0 Å². The van der Waals surface area contributed by atoms with Gasteiger partial charge in [0, 0.05) is 35.8 Å². The van der Waals surface area contributed by atoms with Gasteiger partial charge in [0.15, 0.2) is 5.78 Å². The minimum Gasteiger partial charge on any atom is -0.466 e. The molecule has 0 spiro atoms. The summed E-state index contributed by atoms with van der Waals surface area (Å²) >= 11 is 0. The van der Waals surface area contributed by atoms with E-state index in [1.807, 2.05) is 24.3 Å². The molecule has 0 amide bonds. The summed E-state index contributed by atoms with van der Waals surface area (Å²) in [6.45, 7) is 4.00. The van der Waals surface area contributed by atoms with E-state index in [4.69, 9.17) is 4.74 Å². The Morgan fingerprint density at radius 3 is 2.83 bits per heavy atom. The second-order valence-electron chi connectivity index (χ2n) is 6.40. The molecule has 1 heterocycles. The highest BCUT2D eigenvalue weighted by atomic mass is 16.5. The largest absolute Gasteiger partial charge is 0.466 e. The van der Waals surface area contributed by atoms with Crippen LogP contribution in [0.1, 0.15) is 36.5 Å². The van der Waals surface area contributed by atoms with Crippen molar-refractivity contribution in [3.63, 3.8) is 0 Å². The number of para-hydroxylation sites is 1. The normalized spacial score (nSPS) is 14.2. The molecule has 1 aromatic heterocycles. The molecular weight excluding hydrogens is 304 g/mol. The van der Waals surface area contributed by atoms with Crippen molar-refractivity contribution in [3.8, 4) is 0 Å². The lowest BCUT2D eigenvalue weighted by Crippen LogP contribution is -2.34. The molecule has 128 valence electrons. The van der Waals surface area contributed by atoms with E-state index in [0.29, 0.717) is 32.0 Å². The van der Waals surface area contributed by atoms with Crippen molar-refractivity contribution in [2.24, 2.45) is 5.92 Å². The number of hydrogen-bond acceptors (Lipinski definition) is 4. The Morgan fingerprint density at radius 1 is 1.29 bits per heavy atom. The molecule has 5 heteroatoms. The number of benzene rings is 1. The molecule has 2 aromatic rings. The fourth-order valence-corrected chi connectivity index (χ4v) is 2.97. The van der Waals surface area contributed by atoms with Gasteiger partial charge >= 0.3 is 5.97 Å². The summed E-state index contributed by atoms with van der Waals surface area (Å²) < 4.78 is 4.99. The third kappa shape index (κ3) is 4.23. The first-order valence-electron chi connectivity index (χ1n) is 8.64. The van der Waals surface area contributed by atoms with Crippen molar-refractivity contribution < 1.29 is 14.3 Å². The second-order valence-corrected chi connectivity index (χ2v) is 6.40. The maximum atomic E-state index is 12.7. The van der Waals surface area contributed by atoms with Crippen LogP contribution in [0, 0.1) is 5.92 Å². The van der Waals surface area contributed by atoms with E-state index in [-0.39, 0.29) is 11.8 Å². The van der Waals surface area contributed by atoms with E-state index in [0.717, 1.165) is 23.0 Å². The molecule has 24 heavy (non-hydrogen) atoms. The number of ether oxygens (including phenoxy) is 1. The molecule has 1 aliphatic rings. The molecule has 1 N–H and O–H groups in total. The first kappa shape index (κ1) is 16.7. The Morgan fingerprint density at radius 2 is 2.08 bits per heavy atom. The summed E-state index contributed by atoms with van der Waals surface area (Å²) in [7, 11) is 0. The number of aromatic nitrogens is 1. The van der Waals surface area contributed by atoms with E-state index in [2.05, 4.69) is 9.88 Å². The van der Waals surface area contributed by atoms with Crippen LogP contribution in [0.25, 0.3) is 10.9 Å². The first-order chi connectivity index (χ1) is 11.7. The molecule has 0 unspecified atom stereocenters. The number of H-pyrrole nitrogens is 1. The fraction of sp³-hybridized carbons (Fsp3) is 0.474. The van der Waals surface area contributed by atoms with E-state index in [9.17, 15) is 9.59 Å². The molecule has 1 aliphatic carbocycles. The van der Waals surface area contributed by atoms with Gasteiger partial charge in [-0.1, -0.05) is 18.2 Å². The SMILES string of the molecule is CCOC(=O)CCN(CC(=O)c1c[nH]c2ccccc12)CC1CC1. The number of aromatic amines is 1. The lowest BCUT2D eigenvalue weighted by molar-refractivity contribution is -0.143. The Hall–Kier alpha value is -2.14. The number of Topliss-reactive ketones (excluding diaryl/α,β-unsaturated/α-hetero) is 1. The molecule has 0 saturated heterocycles. The second kappa shape index (κ2) is 7.62. The number of esters is 1. The van der Waals surface area contributed by atoms with Crippen LogP contribution in [0.3, 0.4) is 0 Å². The fourth-order valence-electron chi connectivity index (χ4n) is 2.97. The van der Waals surface area contributed by atoms with Crippen LogP contribution in [0.4, 0.5) is 0 Å². The highest BCUT2D eigenvalue weighted by Crippen LogP contribution is 2.30. The predicted molar refractivity (Wildman–Crippen MR) is 93.0 cm³/mol. The molecule has 1 aromatic carbocycles. The van der Waals surface area contributed by atoms with Gasteiger partial charge in [-0.05, 0) is 31.7 Å². The zero-order valence-corrected chi connectivity index (χ0v) is 14.1. The third-order valence-corrected chi connectivity index (χ3v) is 4.41. The maximum absolute atomic E-state index is 12.7. The molecule has 0 aliphatic heterocycles. The minimum atomic E-state index is -0.196. The van der Waals surface area contributed by atoms with Crippen LogP contribution in [0.15, 0.2) is 30.5 Å². The van der Waals surface area contributed by atoms with Crippen molar-refractivity contribution >= 4 is 22.7 Å². The Labute approximate surface area is 142 Å². The summed E-state index contributed by atoms with van der Waals surface area (Å²) in [4.78, 5) is 29.6. The van der Waals surface area contributed by atoms with E-state index in [1.165, 1.54) is 12.8 Å². The molecule has 3 rings (SSSR count). The average molecular weight is 328 g/mol. The lowest BCUT2D eigenvalue weighted by atomic mass is 10.1. The number of nitrogens with one attached hydrogen (secondary N) is 1. The summed E-state index contributed by atoms with van der Waals surface area (Å²) in [6, 6.07) is 7.82. The molecule has 1 saturated carbocycles. The van der Waals surface area contributed by atoms with Gasteiger partial charge in [0.1, 0.15) is 0 Å². The van der Waals surface area contributed by atoms with Gasteiger partial charge in [-0.3, -0.25) is 14.5 Å². The minimum absolute atomic E-state index is 0.0944. The van der Waals surface area contributed by atoms with Gasteiger partial charge in [-0.2, -0.15) is 0 Å². The Balaban J connectivity index is 1.64. The summed E-state index contributed by atoms with van der Waals surface area (Å²) in [6.07, 6.45) is 4.56. The van der Waals surface area contributed by atoms with Crippen molar-refractivity contribution in [1.29, 1.82) is 0 Å². The van der Waals surface area contributed by atoms with Gasteiger partial charge in [0.2, 0.25) is 0 Å². The average Bonchev–Trinajstić information content (AvgIpc) is 3.28. The monoisotopic (exact) mass is 328 g/mol.